The van der Waals surface area contributed by atoms with Gasteiger partial charge in [-0.05, 0) is 72.6 Å². The molecule has 3 heteroatoms. The molecular weight excluding hydrogens is 607 g/mol. The molecule has 0 amide bonds. The molecule has 7 aromatic carbocycles. The van der Waals surface area contributed by atoms with Crippen molar-refractivity contribution < 1.29 is 0 Å². The molecule has 2 heterocycles. The number of pyridine rings is 1. The Hall–Kier alpha value is -6.71. The first-order valence-corrected chi connectivity index (χ1v) is 16.9. The van der Waals surface area contributed by atoms with Crippen LogP contribution in [-0.2, 0) is 0 Å². The summed E-state index contributed by atoms with van der Waals surface area (Å²) in [6.45, 7) is 0. The lowest BCUT2D eigenvalue weighted by molar-refractivity contribution is 1.19. The van der Waals surface area contributed by atoms with Crippen LogP contribution in [-0.4, -0.2) is 15.0 Å². The number of aromatic nitrogens is 3. The highest BCUT2D eigenvalue weighted by Gasteiger charge is 2.22. The van der Waals surface area contributed by atoms with Crippen LogP contribution in [0.2, 0.25) is 0 Å². The summed E-state index contributed by atoms with van der Waals surface area (Å²) in [5.41, 5.74) is 14.8. The Morgan fingerprint density at radius 2 is 0.840 bits per heavy atom. The zero-order valence-corrected chi connectivity index (χ0v) is 27.1. The van der Waals surface area contributed by atoms with Crippen molar-refractivity contribution >= 4 is 21.5 Å². The van der Waals surface area contributed by atoms with Crippen LogP contribution in [0.15, 0.2) is 176 Å². The minimum atomic E-state index is 0.700. The summed E-state index contributed by atoms with van der Waals surface area (Å²) in [6, 6.07) is 58.2. The van der Waals surface area contributed by atoms with Crippen molar-refractivity contribution in [1.82, 2.24) is 15.0 Å². The lowest BCUT2D eigenvalue weighted by atomic mass is 9.93. The molecule has 1 aliphatic rings. The van der Waals surface area contributed by atoms with E-state index in [9.17, 15) is 0 Å². The third-order valence-electron chi connectivity index (χ3n) is 9.97. The molecule has 50 heavy (non-hydrogen) atoms. The Morgan fingerprint density at radius 1 is 0.320 bits per heavy atom. The molecule has 0 atom stereocenters. The molecule has 2 aromatic heterocycles. The molecule has 232 valence electrons. The van der Waals surface area contributed by atoms with Gasteiger partial charge in [0.05, 0.1) is 11.4 Å². The molecule has 0 fully saturated rings. The maximum atomic E-state index is 5.24. The Balaban J connectivity index is 1.10. The zero-order chi connectivity index (χ0) is 33.0. The van der Waals surface area contributed by atoms with Gasteiger partial charge in [0.2, 0.25) is 0 Å². The Morgan fingerprint density at radius 3 is 1.56 bits per heavy atom. The van der Waals surface area contributed by atoms with Crippen LogP contribution in [0.4, 0.5) is 0 Å². The summed E-state index contributed by atoms with van der Waals surface area (Å²) in [5.74, 6) is 0.700. The van der Waals surface area contributed by atoms with E-state index in [1.807, 2.05) is 24.5 Å². The fraction of sp³-hybridized carbons (Fsp3) is 0. The Kier molecular flexibility index (Phi) is 6.49. The van der Waals surface area contributed by atoms with Crippen molar-refractivity contribution in [3.05, 3.63) is 176 Å². The van der Waals surface area contributed by atoms with Gasteiger partial charge in [-0.15, -0.1) is 0 Å². The number of benzene rings is 7. The second kappa shape index (κ2) is 11.5. The molecule has 9 aromatic rings. The molecule has 10 rings (SSSR count). The van der Waals surface area contributed by atoms with Crippen molar-refractivity contribution in [3.63, 3.8) is 0 Å². The number of fused-ring (bicyclic) bond motifs is 4. The SMILES string of the molecule is c1ccc(-c2cc(-c3ccc(-c4ccc5c6c(cccc46)-c4ccccc4-5)cc3)nc(-c3cccc4c(-c5cccnc5)cccc34)n2)cc1. The van der Waals surface area contributed by atoms with Crippen molar-refractivity contribution in [2.45, 2.75) is 0 Å². The van der Waals surface area contributed by atoms with E-state index in [0.717, 1.165) is 50.0 Å². The van der Waals surface area contributed by atoms with Crippen LogP contribution in [0.1, 0.15) is 0 Å². The minimum Gasteiger partial charge on any atom is -0.264 e. The largest absolute Gasteiger partial charge is 0.264 e. The first-order chi connectivity index (χ1) is 24.8. The minimum absolute atomic E-state index is 0.700. The molecule has 0 radical (unpaired) electrons. The van der Waals surface area contributed by atoms with Crippen LogP contribution in [0.25, 0.3) is 100.0 Å². The number of hydrogen-bond donors (Lipinski definition) is 0. The predicted molar refractivity (Wildman–Crippen MR) is 206 cm³/mol. The predicted octanol–water partition coefficient (Wildman–Crippen LogP) is 12.2. The van der Waals surface area contributed by atoms with Gasteiger partial charge in [0.15, 0.2) is 5.82 Å². The summed E-state index contributed by atoms with van der Waals surface area (Å²) < 4.78 is 0. The number of nitrogens with zero attached hydrogens (tertiary/aromatic N) is 3. The Labute approximate surface area is 290 Å². The number of hydrogen-bond acceptors (Lipinski definition) is 3. The van der Waals surface area contributed by atoms with Gasteiger partial charge in [-0.2, -0.15) is 0 Å². The van der Waals surface area contributed by atoms with Crippen LogP contribution in [0.3, 0.4) is 0 Å². The van der Waals surface area contributed by atoms with Crippen molar-refractivity contribution in [3.8, 4) is 78.4 Å². The van der Waals surface area contributed by atoms with Crippen LogP contribution in [0.5, 0.6) is 0 Å². The van der Waals surface area contributed by atoms with Crippen LogP contribution in [0, 0.1) is 0 Å². The summed E-state index contributed by atoms with van der Waals surface area (Å²) in [7, 11) is 0. The summed E-state index contributed by atoms with van der Waals surface area (Å²) in [4.78, 5) is 14.8. The smallest absolute Gasteiger partial charge is 0.161 e. The maximum Gasteiger partial charge on any atom is 0.161 e. The molecular formula is C47H29N3. The van der Waals surface area contributed by atoms with Gasteiger partial charge in [-0.1, -0.05) is 152 Å². The van der Waals surface area contributed by atoms with Gasteiger partial charge >= 0.3 is 0 Å². The lowest BCUT2D eigenvalue weighted by Crippen LogP contribution is -1.97. The number of rotatable bonds is 5. The van der Waals surface area contributed by atoms with Gasteiger partial charge in [0.1, 0.15) is 0 Å². The molecule has 0 saturated heterocycles. The lowest BCUT2D eigenvalue weighted by Gasteiger charge is -2.13. The zero-order valence-electron chi connectivity index (χ0n) is 27.1. The second-order valence-electron chi connectivity index (χ2n) is 12.8. The van der Waals surface area contributed by atoms with Gasteiger partial charge in [-0.3, -0.25) is 4.98 Å². The van der Waals surface area contributed by atoms with E-state index in [1.54, 1.807) is 0 Å². The third-order valence-corrected chi connectivity index (χ3v) is 9.97. The third kappa shape index (κ3) is 4.56. The molecule has 0 spiro atoms. The van der Waals surface area contributed by atoms with E-state index < -0.39 is 0 Å². The first-order valence-electron chi connectivity index (χ1n) is 16.9. The molecule has 0 aliphatic heterocycles. The first kappa shape index (κ1) is 28.3. The van der Waals surface area contributed by atoms with E-state index >= 15 is 0 Å². The summed E-state index contributed by atoms with van der Waals surface area (Å²) >= 11 is 0. The fourth-order valence-electron chi connectivity index (χ4n) is 7.63. The molecule has 0 saturated carbocycles. The van der Waals surface area contributed by atoms with Gasteiger partial charge in [-0.25, -0.2) is 9.97 Å². The van der Waals surface area contributed by atoms with Gasteiger partial charge < -0.3 is 0 Å². The van der Waals surface area contributed by atoms with E-state index in [1.165, 1.54) is 44.2 Å². The van der Waals surface area contributed by atoms with E-state index in [0.29, 0.717) is 5.82 Å². The average Bonchev–Trinajstić information content (AvgIpc) is 3.53. The molecule has 0 unspecified atom stereocenters. The summed E-state index contributed by atoms with van der Waals surface area (Å²) in [6.07, 6.45) is 3.72. The highest BCUT2D eigenvalue weighted by atomic mass is 14.9. The monoisotopic (exact) mass is 635 g/mol. The molecule has 1 aliphatic carbocycles. The van der Waals surface area contributed by atoms with E-state index in [4.69, 9.17) is 9.97 Å². The molecule has 0 N–H and O–H groups in total. The van der Waals surface area contributed by atoms with Crippen molar-refractivity contribution in [1.29, 1.82) is 0 Å². The van der Waals surface area contributed by atoms with Gasteiger partial charge in [0.25, 0.3) is 0 Å². The van der Waals surface area contributed by atoms with Crippen LogP contribution >= 0.6 is 0 Å². The van der Waals surface area contributed by atoms with E-state index in [2.05, 4.69) is 157 Å². The molecule has 3 nitrogen and oxygen atoms in total. The van der Waals surface area contributed by atoms with Crippen LogP contribution < -0.4 is 0 Å². The van der Waals surface area contributed by atoms with Crippen molar-refractivity contribution in [2.24, 2.45) is 0 Å². The summed E-state index contributed by atoms with van der Waals surface area (Å²) in [5, 5.41) is 4.87. The van der Waals surface area contributed by atoms with Crippen molar-refractivity contribution in [2.75, 3.05) is 0 Å². The topological polar surface area (TPSA) is 38.7 Å². The van der Waals surface area contributed by atoms with E-state index in [-0.39, 0.29) is 0 Å². The second-order valence-corrected chi connectivity index (χ2v) is 12.8. The highest BCUT2D eigenvalue weighted by Crippen LogP contribution is 2.49. The standard InChI is InChI=1S/C47H29N3/c1-2-10-31(11-3-1)44-28-45(50-47(49-44)43-20-7-16-36-34(15-6-17-39(36)43)33-12-9-27-48-29-33)32-23-21-30(22-24-32)35-25-26-42-38-14-5-4-13-37(38)41-19-8-18-40(35)46(41)42/h1-29H. The highest BCUT2D eigenvalue weighted by molar-refractivity contribution is 6.18. The average molecular weight is 636 g/mol. The normalized spacial score (nSPS) is 11.6. The molecule has 0 bridgehead atoms. The quantitative estimate of drug-likeness (QED) is 0.189. The fourth-order valence-corrected chi connectivity index (χ4v) is 7.63. The Bertz CT molecular complexity index is 2700. The maximum absolute atomic E-state index is 5.24. The van der Waals surface area contributed by atoms with Gasteiger partial charge in [0, 0.05) is 34.6 Å².